The summed E-state index contributed by atoms with van der Waals surface area (Å²) in [5.74, 6) is -1.80. The largest absolute Gasteiger partial charge is 0.479 e. The van der Waals surface area contributed by atoms with E-state index in [0.717, 1.165) is 4.90 Å². The van der Waals surface area contributed by atoms with Crippen LogP contribution in [0.15, 0.2) is 0 Å². The quantitative estimate of drug-likeness (QED) is 0.548. The van der Waals surface area contributed by atoms with Crippen LogP contribution in [0.4, 0.5) is 4.79 Å². The predicted octanol–water partition coefficient (Wildman–Crippen LogP) is -1.12. The highest BCUT2D eigenvalue weighted by Gasteiger charge is 2.32. The van der Waals surface area contributed by atoms with Crippen molar-refractivity contribution in [1.82, 2.24) is 15.1 Å². The number of hydrogen-bond acceptors (Lipinski definition) is 5. The first-order valence-electron chi connectivity index (χ1n) is 6.44. The molecule has 1 atom stereocenters. The van der Waals surface area contributed by atoms with Crippen LogP contribution in [0.3, 0.4) is 0 Å². The Morgan fingerprint density at radius 2 is 2.10 bits per heavy atom. The molecule has 0 aromatic heterocycles. The van der Waals surface area contributed by atoms with Crippen LogP contribution in [0.2, 0.25) is 0 Å². The average molecular weight is 301 g/mol. The summed E-state index contributed by atoms with van der Waals surface area (Å²) in [4.78, 5) is 47.7. The molecule has 0 bridgehead atoms. The summed E-state index contributed by atoms with van der Waals surface area (Å²) in [6.45, 7) is 0.0935. The highest BCUT2D eigenvalue weighted by atomic mass is 16.5. The number of methoxy groups -OCH3 is 1. The van der Waals surface area contributed by atoms with E-state index in [1.165, 1.54) is 19.1 Å². The molecule has 1 aliphatic heterocycles. The number of urea groups is 1. The number of nitrogens with one attached hydrogen (secondary N) is 1. The summed E-state index contributed by atoms with van der Waals surface area (Å²) in [5, 5.41) is 11.2. The highest BCUT2D eigenvalue weighted by Crippen LogP contribution is 2.09. The van der Waals surface area contributed by atoms with E-state index in [9.17, 15) is 19.2 Å². The van der Waals surface area contributed by atoms with E-state index in [1.54, 1.807) is 0 Å². The molecule has 1 aliphatic rings. The fourth-order valence-electron chi connectivity index (χ4n) is 1.85. The fourth-order valence-corrected chi connectivity index (χ4v) is 1.85. The summed E-state index contributed by atoms with van der Waals surface area (Å²) in [5.41, 5.74) is 0. The predicted molar refractivity (Wildman–Crippen MR) is 70.4 cm³/mol. The van der Waals surface area contributed by atoms with Gasteiger partial charge >= 0.3 is 12.0 Å². The lowest BCUT2D eigenvalue weighted by atomic mass is 10.2. The Hall–Kier alpha value is -2.16. The number of carbonyl (C=O) groups is 4. The van der Waals surface area contributed by atoms with E-state index >= 15 is 0 Å². The van der Waals surface area contributed by atoms with Gasteiger partial charge in [-0.2, -0.15) is 0 Å². The molecule has 0 saturated carbocycles. The zero-order chi connectivity index (χ0) is 16.0. The summed E-state index contributed by atoms with van der Waals surface area (Å²) >= 11 is 0. The number of amides is 4. The van der Waals surface area contributed by atoms with Crippen molar-refractivity contribution in [2.24, 2.45) is 0 Å². The Labute approximate surface area is 121 Å². The molecule has 1 fully saturated rings. The molecule has 0 aliphatic carbocycles. The van der Waals surface area contributed by atoms with Gasteiger partial charge in [-0.25, -0.2) is 9.59 Å². The van der Waals surface area contributed by atoms with Crippen LogP contribution in [0, 0.1) is 0 Å². The van der Waals surface area contributed by atoms with Crippen molar-refractivity contribution in [1.29, 1.82) is 0 Å². The van der Waals surface area contributed by atoms with Gasteiger partial charge in [0.15, 0.2) is 6.10 Å². The van der Waals surface area contributed by atoms with Crippen molar-refractivity contribution in [2.45, 2.75) is 18.9 Å². The van der Waals surface area contributed by atoms with Gasteiger partial charge in [0, 0.05) is 27.1 Å². The average Bonchev–Trinajstić information content (AvgIpc) is 2.65. The molecule has 0 radical (unpaired) electrons. The van der Waals surface area contributed by atoms with Crippen LogP contribution in [-0.2, 0) is 19.1 Å². The van der Waals surface area contributed by atoms with E-state index < -0.39 is 12.1 Å². The molecule has 0 aromatic carbocycles. The fraction of sp³-hybridized carbons (Fsp3) is 0.667. The van der Waals surface area contributed by atoms with Crippen LogP contribution < -0.4 is 5.32 Å². The topological polar surface area (TPSA) is 116 Å². The summed E-state index contributed by atoms with van der Waals surface area (Å²) in [6.07, 6.45) is -0.678. The lowest BCUT2D eigenvalue weighted by Gasteiger charge is -2.14. The second-order valence-corrected chi connectivity index (χ2v) is 4.65. The van der Waals surface area contributed by atoms with Gasteiger partial charge in [0.05, 0.1) is 6.54 Å². The Balaban J connectivity index is 2.26. The zero-order valence-corrected chi connectivity index (χ0v) is 12.0. The smallest absolute Gasteiger partial charge is 0.334 e. The second kappa shape index (κ2) is 7.58. The maximum atomic E-state index is 11.6. The molecule has 4 amide bonds. The van der Waals surface area contributed by atoms with E-state index in [-0.39, 0.29) is 43.9 Å². The molecule has 1 saturated heterocycles. The van der Waals surface area contributed by atoms with Crippen LogP contribution in [0.5, 0.6) is 0 Å². The highest BCUT2D eigenvalue weighted by molar-refractivity contribution is 6.01. The molecular formula is C12H19N3O6. The number of aliphatic carboxylic acids is 1. The van der Waals surface area contributed by atoms with Crippen molar-refractivity contribution in [3.63, 3.8) is 0 Å². The molecule has 1 unspecified atom stereocenters. The van der Waals surface area contributed by atoms with Gasteiger partial charge in [-0.05, 0) is 6.42 Å². The normalized spacial score (nSPS) is 16.3. The minimum atomic E-state index is -1.16. The molecule has 1 heterocycles. The molecule has 2 N–H and O–H groups in total. The third kappa shape index (κ3) is 4.71. The summed E-state index contributed by atoms with van der Waals surface area (Å²) in [6, 6.07) is -0.370. The molecular weight excluding hydrogens is 282 g/mol. The van der Waals surface area contributed by atoms with Crippen molar-refractivity contribution in [3.05, 3.63) is 0 Å². The lowest BCUT2D eigenvalue weighted by Crippen LogP contribution is -2.38. The number of likely N-dealkylation sites (N-methyl/N-ethyl adjacent to an activating group) is 1. The summed E-state index contributed by atoms with van der Waals surface area (Å²) < 4.78 is 4.67. The molecule has 1 rings (SSSR count). The third-order valence-corrected chi connectivity index (χ3v) is 3.06. The second-order valence-electron chi connectivity index (χ2n) is 4.65. The first kappa shape index (κ1) is 16.9. The number of carbonyl (C=O) groups excluding carboxylic acids is 3. The standard InChI is InChI=1S/C12H19N3O6/c1-14-7-10(17)15(12(14)20)5-3-4-9(16)13-6-8(21-2)11(18)19/h8H,3-7H2,1-2H3,(H,13,16)(H,18,19). The van der Waals surface area contributed by atoms with Crippen LogP contribution in [-0.4, -0.2) is 78.6 Å². The maximum absolute atomic E-state index is 11.6. The van der Waals surface area contributed by atoms with Gasteiger partial charge < -0.3 is 20.1 Å². The van der Waals surface area contributed by atoms with Crippen molar-refractivity contribution < 1.29 is 29.0 Å². The van der Waals surface area contributed by atoms with Crippen molar-refractivity contribution in [3.8, 4) is 0 Å². The number of rotatable bonds is 8. The van der Waals surface area contributed by atoms with Crippen LogP contribution in [0.1, 0.15) is 12.8 Å². The first-order valence-corrected chi connectivity index (χ1v) is 6.44. The lowest BCUT2D eigenvalue weighted by molar-refractivity contribution is -0.148. The number of hydrogen-bond donors (Lipinski definition) is 2. The van der Waals surface area contributed by atoms with Crippen LogP contribution in [0.25, 0.3) is 0 Å². The minimum Gasteiger partial charge on any atom is -0.479 e. The molecule has 21 heavy (non-hydrogen) atoms. The number of carboxylic acid groups (broad SMARTS) is 1. The van der Waals surface area contributed by atoms with Crippen LogP contribution >= 0.6 is 0 Å². The Kier molecular flexibility index (Phi) is 6.10. The molecule has 0 aromatic rings. The van der Waals surface area contributed by atoms with Gasteiger partial charge in [-0.15, -0.1) is 0 Å². The summed E-state index contributed by atoms with van der Waals surface area (Å²) in [7, 11) is 2.77. The number of ether oxygens (including phenoxy) is 1. The molecule has 0 spiro atoms. The van der Waals surface area contributed by atoms with Crippen molar-refractivity contribution in [2.75, 3.05) is 33.8 Å². The molecule has 9 nitrogen and oxygen atoms in total. The molecule has 9 heteroatoms. The van der Waals surface area contributed by atoms with E-state index in [4.69, 9.17) is 5.11 Å². The maximum Gasteiger partial charge on any atom is 0.334 e. The van der Waals surface area contributed by atoms with E-state index in [0.29, 0.717) is 6.42 Å². The van der Waals surface area contributed by atoms with Gasteiger partial charge in [0.1, 0.15) is 6.54 Å². The monoisotopic (exact) mass is 301 g/mol. The minimum absolute atomic E-state index is 0.0547. The number of imide groups is 1. The Bertz CT molecular complexity index is 439. The number of carboxylic acids is 1. The van der Waals surface area contributed by atoms with E-state index in [1.807, 2.05) is 0 Å². The van der Waals surface area contributed by atoms with Crippen molar-refractivity contribution >= 4 is 23.8 Å². The number of nitrogens with zero attached hydrogens (tertiary/aromatic N) is 2. The SMILES string of the molecule is COC(CNC(=O)CCCN1C(=O)CN(C)C1=O)C(=O)O. The van der Waals surface area contributed by atoms with Gasteiger partial charge in [0.2, 0.25) is 11.8 Å². The van der Waals surface area contributed by atoms with Gasteiger partial charge in [0.25, 0.3) is 0 Å². The van der Waals surface area contributed by atoms with Gasteiger partial charge in [-0.1, -0.05) is 0 Å². The Morgan fingerprint density at radius 3 is 2.57 bits per heavy atom. The van der Waals surface area contributed by atoms with Gasteiger partial charge in [-0.3, -0.25) is 14.5 Å². The Morgan fingerprint density at radius 1 is 1.43 bits per heavy atom. The molecule has 118 valence electrons. The first-order chi connectivity index (χ1) is 9.86. The van der Waals surface area contributed by atoms with E-state index in [2.05, 4.69) is 10.1 Å². The zero-order valence-electron chi connectivity index (χ0n) is 12.0. The third-order valence-electron chi connectivity index (χ3n) is 3.06.